The number of carbonyl (C=O) groups is 1. The van der Waals surface area contributed by atoms with Gasteiger partial charge in [0, 0.05) is 33.8 Å². The summed E-state index contributed by atoms with van der Waals surface area (Å²) in [5.74, 6) is -0.365. The number of fused-ring (bicyclic) bond motifs is 1. The summed E-state index contributed by atoms with van der Waals surface area (Å²) in [5.41, 5.74) is 6.53. The molecule has 5 heterocycles. The van der Waals surface area contributed by atoms with E-state index in [4.69, 9.17) is 4.74 Å². The molecule has 6 rings (SSSR count). The van der Waals surface area contributed by atoms with Crippen LogP contribution in [0.15, 0.2) is 60.4 Å². The number of H-pyrrole nitrogens is 1. The van der Waals surface area contributed by atoms with Crippen molar-refractivity contribution in [3.05, 3.63) is 71.8 Å². The van der Waals surface area contributed by atoms with Gasteiger partial charge < -0.3 is 15.0 Å². The normalized spacial score (nSPS) is 14.2. The number of imidazole rings is 1. The van der Waals surface area contributed by atoms with Crippen LogP contribution in [0.3, 0.4) is 0 Å². The third kappa shape index (κ3) is 4.50. The maximum atomic E-state index is 12.6. The van der Waals surface area contributed by atoms with Crippen molar-refractivity contribution in [2.24, 2.45) is 0 Å². The zero-order valence-electron chi connectivity index (χ0n) is 19.7. The Bertz CT molecular complexity index is 1550. The number of hydrogen-bond acceptors (Lipinski definition) is 8. The van der Waals surface area contributed by atoms with Gasteiger partial charge in [0.25, 0.3) is 0 Å². The maximum Gasteiger partial charge on any atom is 0.358 e. The zero-order valence-corrected chi connectivity index (χ0v) is 20.5. The van der Waals surface area contributed by atoms with Crippen LogP contribution in [0.5, 0.6) is 0 Å². The van der Waals surface area contributed by atoms with E-state index < -0.39 is 0 Å². The highest BCUT2D eigenvalue weighted by molar-refractivity contribution is 7.13. The van der Waals surface area contributed by atoms with Gasteiger partial charge in [-0.25, -0.2) is 14.8 Å². The molecular weight excluding hydrogens is 472 g/mol. The number of pyridine rings is 2. The Hall–Kier alpha value is -3.95. The molecule has 0 saturated carbocycles. The molecular formula is C27H24N6O2S. The third-order valence-electron chi connectivity index (χ3n) is 6.26. The second-order valence-corrected chi connectivity index (χ2v) is 9.67. The number of thiazole rings is 1. The predicted molar refractivity (Wildman–Crippen MR) is 140 cm³/mol. The van der Waals surface area contributed by atoms with Gasteiger partial charge in [0.05, 0.1) is 28.9 Å². The summed E-state index contributed by atoms with van der Waals surface area (Å²) in [6, 6.07) is 14.1. The van der Waals surface area contributed by atoms with Crippen molar-refractivity contribution in [1.29, 1.82) is 0 Å². The fourth-order valence-electron chi connectivity index (χ4n) is 4.41. The lowest BCUT2D eigenvalue weighted by Crippen LogP contribution is -2.33. The van der Waals surface area contributed by atoms with Crippen molar-refractivity contribution in [3.63, 3.8) is 0 Å². The number of nitrogens with zero attached hydrogens (tertiary/aromatic N) is 4. The summed E-state index contributed by atoms with van der Waals surface area (Å²) >= 11 is 1.41. The number of hydrogen-bond donors (Lipinski definition) is 2. The Labute approximate surface area is 211 Å². The third-order valence-corrected chi connectivity index (χ3v) is 7.15. The largest absolute Gasteiger partial charge is 0.458 e. The van der Waals surface area contributed by atoms with Gasteiger partial charge in [-0.05, 0) is 63.2 Å². The number of ether oxygens (including phenoxy) is 1. The molecule has 8 nitrogen and oxygen atoms in total. The average Bonchev–Trinajstić information content (AvgIpc) is 3.59. The van der Waals surface area contributed by atoms with Gasteiger partial charge in [0.1, 0.15) is 11.1 Å². The lowest BCUT2D eigenvalue weighted by Gasteiger charge is -2.22. The molecule has 1 aromatic carbocycles. The first-order chi connectivity index (χ1) is 17.6. The van der Waals surface area contributed by atoms with Crippen LogP contribution in [-0.4, -0.2) is 50.1 Å². The summed E-state index contributed by atoms with van der Waals surface area (Å²) < 4.78 is 5.64. The number of aromatic amines is 1. The van der Waals surface area contributed by atoms with Gasteiger partial charge in [0.15, 0.2) is 5.69 Å². The van der Waals surface area contributed by atoms with Crippen LogP contribution in [0.25, 0.3) is 44.1 Å². The maximum absolute atomic E-state index is 12.6. The van der Waals surface area contributed by atoms with E-state index in [0.29, 0.717) is 5.69 Å². The Morgan fingerprint density at radius 1 is 1.06 bits per heavy atom. The van der Waals surface area contributed by atoms with Gasteiger partial charge in [-0.3, -0.25) is 9.97 Å². The molecule has 0 unspecified atom stereocenters. The van der Waals surface area contributed by atoms with Crippen LogP contribution >= 0.6 is 11.3 Å². The van der Waals surface area contributed by atoms with Crippen LogP contribution < -0.4 is 5.32 Å². The van der Waals surface area contributed by atoms with Gasteiger partial charge in [0.2, 0.25) is 0 Å². The lowest BCUT2D eigenvalue weighted by atomic mass is 10.0. The summed E-state index contributed by atoms with van der Waals surface area (Å²) in [5, 5.41) is 6.72. The molecule has 2 N–H and O–H groups in total. The highest BCUT2D eigenvalue weighted by Gasteiger charge is 2.21. The predicted octanol–water partition coefficient (Wildman–Crippen LogP) is 5.03. The van der Waals surface area contributed by atoms with Crippen molar-refractivity contribution < 1.29 is 9.53 Å². The topological polar surface area (TPSA) is 106 Å². The SMILES string of the molecule is Cc1cccc(-c2[nH]cnc2-c2ccc3ncc(-c4nc(C(=O)OC5CCNCC5)cs4)cc3c2)n1. The fraction of sp³-hybridized carbons (Fsp3) is 0.222. The van der Waals surface area contributed by atoms with E-state index in [1.807, 2.05) is 43.3 Å². The number of rotatable bonds is 5. The summed E-state index contributed by atoms with van der Waals surface area (Å²) in [4.78, 5) is 34.2. The van der Waals surface area contributed by atoms with E-state index in [9.17, 15) is 4.79 Å². The summed E-state index contributed by atoms with van der Waals surface area (Å²) in [6.45, 7) is 3.71. The first kappa shape index (κ1) is 22.5. The highest BCUT2D eigenvalue weighted by Crippen LogP contribution is 2.32. The number of piperidine rings is 1. The Morgan fingerprint density at radius 3 is 2.78 bits per heavy atom. The van der Waals surface area contributed by atoms with Crippen LogP contribution in [-0.2, 0) is 4.74 Å². The highest BCUT2D eigenvalue weighted by atomic mass is 32.1. The molecule has 5 aromatic rings. The summed E-state index contributed by atoms with van der Waals surface area (Å²) in [6.07, 6.45) is 5.09. The lowest BCUT2D eigenvalue weighted by molar-refractivity contribution is 0.0224. The quantitative estimate of drug-likeness (QED) is 0.329. The van der Waals surface area contributed by atoms with Gasteiger partial charge in [-0.15, -0.1) is 11.3 Å². The van der Waals surface area contributed by atoms with Crippen LogP contribution in [0.4, 0.5) is 0 Å². The van der Waals surface area contributed by atoms with Crippen molar-refractivity contribution in [2.75, 3.05) is 13.1 Å². The Morgan fingerprint density at radius 2 is 1.92 bits per heavy atom. The molecule has 1 fully saturated rings. The number of aryl methyl sites for hydroxylation is 1. The Kier molecular flexibility index (Phi) is 6.00. The molecule has 9 heteroatoms. The number of esters is 1. The fourth-order valence-corrected chi connectivity index (χ4v) is 5.18. The van der Waals surface area contributed by atoms with Crippen LogP contribution in [0, 0.1) is 6.92 Å². The molecule has 0 aliphatic carbocycles. The van der Waals surface area contributed by atoms with Crippen LogP contribution in [0.1, 0.15) is 29.0 Å². The molecule has 0 bridgehead atoms. The van der Waals surface area contributed by atoms with E-state index >= 15 is 0 Å². The van der Waals surface area contributed by atoms with Gasteiger partial charge >= 0.3 is 5.97 Å². The monoisotopic (exact) mass is 496 g/mol. The molecule has 1 aliphatic rings. The van der Waals surface area contributed by atoms with Crippen molar-refractivity contribution in [1.82, 2.24) is 30.2 Å². The Balaban J connectivity index is 1.28. The molecule has 180 valence electrons. The second kappa shape index (κ2) is 9.60. The van der Waals surface area contributed by atoms with Crippen LogP contribution in [0.2, 0.25) is 0 Å². The van der Waals surface area contributed by atoms with E-state index in [1.165, 1.54) is 11.3 Å². The smallest absolute Gasteiger partial charge is 0.358 e. The molecule has 4 aromatic heterocycles. The number of benzene rings is 1. The first-order valence-electron chi connectivity index (χ1n) is 11.9. The molecule has 1 saturated heterocycles. The molecule has 36 heavy (non-hydrogen) atoms. The number of aromatic nitrogens is 5. The number of carbonyl (C=O) groups excluding carboxylic acids is 1. The standard InChI is InChI=1S/C27H24N6O2S/c1-16-3-2-4-22(32-16)25-24(30-15-31-25)17-5-6-21-18(11-17)12-19(13-29-21)26-33-23(14-36-26)27(34)35-20-7-9-28-10-8-20/h2-6,11-15,20,28H,7-10H2,1H3,(H,30,31). The molecule has 1 aliphatic heterocycles. The molecule has 0 spiro atoms. The summed E-state index contributed by atoms with van der Waals surface area (Å²) in [7, 11) is 0. The van der Waals surface area contributed by atoms with E-state index in [-0.39, 0.29) is 12.1 Å². The molecule has 0 atom stereocenters. The first-order valence-corrected chi connectivity index (χ1v) is 12.8. The minimum Gasteiger partial charge on any atom is -0.458 e. The van der Waals surface area contributed by atoms with E-state index in [2.05, 4.69) is 36.3 Å². The van der Waals surface area contributed by atoms with Crippen molar-refractivity contribution in [2.45, 2.75) is 25.9 Å². The minimum atomic E-state index is -0.365. The van der Waals surface area contributed by atoms with E-state index in [0.717, 1.165) is 75.7 Å². The zero-order chi connectivity index (χ0) is 24.5. The molecule has 0 radical (unpaired) electrons. The van der Waals surface area contributed by atoms with Crippen molar-refractivity contribution >= 4 is 28.2 Å². The van der Waals surface area contributed by atoms with Gasteiger partial charge in [-0.2, -0.15) is 0 Å². The van der Waals surface area contributed by atoms with Crippen molar-refractivity contribution in [3.8, 4) is 33.2 Å². The number of nitrogens with one attached hydrogen (secondary N) is 2. The molecule has 0 amide bonds. The minimum absolute atomic E-state index is 0.0495. The van der Waals surface area contributed by atoms with E-state index in [1.54, 1.807) is 17.9 Å². The second-order valence-electron chi connectivity index (χ2n) is 8.81. The van der Waals surface area contributed by atoms with Gasteiger partial charge in [-0.1, -0.05) is 12.1 Å². The average molecular weight is 497 g/mol.